The van der Waals surface area contributed by atoms with Gasteiger partial charge in [0.05, 0.1) is 0 Å². The zero-order valence-corrected chi connectivity index (χ0v) is 5.64. The van der Waals surface area contributed by atoms with Crippen molar-refractivity contribution in [1.29, 1.82) is 0 Å². The molecule has 0 heterocycles. The van der Waals surface area contributed by atoms with Crippen molar-refractivity contribution in [2.24, 2.45) is 5.92 Å². The molecule has 50 valence electrons. The van der Waals surface area contributed by atoms with E-state index in [2.05, 4.69) is 11.8 Å². The fourth-order valence-corrected chi connectivity index (χ4v) is 0.331. The molecule has 0 saturated heterocycles. The number of rotatable bonds is 1. The lowest BCUT2D eigenvalue weighted by atomic mass is 10.2. The minimum atomic E-state index is -0.858. The summed E-state index contributed by atoms with van der Waals surface area (Å²) in [5.74, 6) is 4.69. The molecule has 0 aliphatic carbocycles. The van der Waals surface area contributed by atoms with Crippen molar-refractivity contribution in [3.05, 3.63) is 0 Å². The van der Waals surface area contributed by atoms with Crippen LogP contribution in [0.3, 0.4) is 0 Å². The van der Waals surface area contributed by atoms with Crippen molar-refractivity contribution >= 4 is 5.97 Å². The third-order valence-corrected chi connectivity index (χ3v) is 0.630. The summed E-state index contributed by atoms with van der Waals surface area (Å²) in [4.78, 5) is 9.88. The summed E-state index contributed by atoms with van der Waals surface area (Å²) in [7, 11) is 0. The van der Waals surface area contributed by atoms with Crippen LogP contribution < -0.4 is 0 Å². The number of aliphatic carboxylic acids is 1. The first-order valence-electron chi connectivity index (χ1n) is 2.83. The van der Waals surface area contributed by atoms with E-state index in [0.717, 1.165) is 0 Å². The number of carboxylic acids is 1. The minimum absolute atomic E-state index is 0.0435. The van der Waals surface area contributed by atoms with Crippen LogP contribution in [0.4, 0.5) is 0 Å². The second-order valence-electron chi connectivity index (χ2n) is 2.05. The van der Waals surface area contributed by atoms with Crippen molar-refractivity contribution in [2.45, 2.75) is 20.3 Å². The van der Waals surface area contributed by atoms with Gasteiger partial charge < -0.3 is 5.11 Å². The highest BCUT2D eigenvalue weighted by molar-refractivity contribution is 5.69. The molecule has 0 amide bonds. The molecule has 0 fully saturated rings. The molecule has 0 aromatic heterocycles. The molecule has 1 N–H and O–H groups in total. The maximum atomic E-state index is 9.88. The van der Waals surface area contributed by atoms with Gasteiger partial charge in [0.25, 0.3) is 0 Å². The van der Waals surface area contributed by atoms with Crippen molar-refractivity contribution in [3.8, 4) is 11.8 Å². The average Bonchev–Trinajstić information content (AvgIpc) is 1.63. The molecule has 0 aliphatic rings. The summed E-state index contributed by atoms with van der Waals surface area (Å²) in [5.41, 5.74) is 0. The summed E-state index contributed by atoms with van der Waals surface area (Å²) in [6, 6.07) is 0. The van der Waals surface area contributed by atoms with E-state index < -0.39 is 5.97 Å². The molecule has 0 aromatic rings. The van der Waals surface area contributed by atoms with Crippen LogP contribution in [0.15, 0.2) is 0 Å². The fourth-order valence-electron chi connectivity index (χ4n) is 0.331. The Labute approximate surface area is 54.9 Å². The molecule has 2 nitrogen and oxygen atoms in total. The highest BCUT2D eigenvalue weighted by Gasteiger charge is 1.88. The van der Waals surface area contributed by atoms with E-state index in [-0.39, 0.29) is 12.3 Å². The van der Waals surface area contributed by atoms with Gasteiger partial charge in [0.2, 0.25) is 0 Å². The molecule has 0 atom stereocenters. The van der Waals surface area contributed by atoms with Crippen LogP contribution in [0.2, 0.25) is 0 Å². The number of hydrogen-bond donors (Lipinski definition) is 1. The van der Waals surface area contributed by atoms with E-state index in [0.29, 0.717) is 0 Å². The van der Waals surface area contributed by atoms with Gasteiger partial charge in [-0.1, -0.05) is 25.7 Å². The fraction of sp³-hybridized carbons (Fsp3) is 0.571. The largest absolute Gasteiger partial charge is 0.481 e. The van der Waals surface area contributed by atoms with Crippen molar-refractivity contribution < 1.29 is 9.90 Å². The Bertz CT molecular complexity index is 148. The molecular formula is C7H10O2. The Morgan fingerprint density at radius 1 is 1.67 bits per heavy atom. The van der Waals surface area contributed by atoms with Crippen LogP contribution in [0, 0.1) is 17.8 Å². The normalized spacial score (nSPS) is 8.33. The molecule has 9 heavy (non-hydrogen) atoms. The topological polar surface area (TPSA) is 37.3 Å². The monoisotopic (exact) mass is 126 g/mol. The van der Waals surface area contributed by atoms with Gasteiger partial charge >= 0.3 is 5.97 Å². The molecule has 0 spiro atoms. The summed E-state index contributed by atoms with van der Waals surface area (Å²) in [6.07, 6.45) is -0.0435. The lowest BCUT2D eigenvalue weighted by molar-refractivity contribution is -0.135. The van der Waals surface area contributed by atoms with Crippen LogP contribution in [0.25, 0.3) is 0 Å². The van der Waals surface area contributed by atoms with Gasteiger partial charge in [-0.15, -0.1) is 0 Å². The van der Waals surface area contributed by atoms with Crippen LogP contribution in [-0.4, -0.2) is 11.1 Å². The third kappa shape index (κ3) is 7.03. The maximum Gasteiger partial charge on any atom is 0.315 e. The molecule has 2 heteroatoms. The van der Waals surface area contributed by atoms with E-state index in [4.69, 9.17) is 5.11 Å². The minimum Gasteiger partial charge on any atom is -0.481 e. The molecule has 0 saturated carbocycles. The van der Waals surface area contributed by atoms with Crippen molar-refractivity contribution in [3.63, 3.8) is 0 Å². The second-order valence-corrected chi connectivity index (χ2v) is 2.05. The van der Waals surface area contributed by atoms with E-state index in [1.807, 2.05) is 13.8 Å². The standard InChI is InChI=1S/C7H10O2/c1-6(2)4-3-5-7(8)9/h6H,5H2,1-2H3,(H,8,9). The van der Waals surface area contributed by atoms with E-state index in [9.17, 15) is 4.79 Å². The number of hydrogen-bond acceptors (Lipinski definition) is 1. The van der Waals surface area contributed by atoms with Crippen LogP contribution in [-0.2, 0) is 4.79 Å². The Morgan fingerprint density at radius 3 is 2.56 bits per heavy atom. The van der Waals surface area contributed by atoms with E-state index >= 15 is 0 Å². The Kier molecular flexibility index (Phi) is 3.54. The Hall–Kier alpha value is -0.970. The smallest absolute Gasteiger partial charge is 0.315 e. The first-order chi connectivity index (χ1) is 4.13. The third-order valence-electron chi connectivity index (χ3n) is 0.630. The summed E-state index contributed by atoms with van der Waals surface area (Å²) in [6.45, 7) is 3.85. The molecule has 0 bridgehead atoms. The molecular weight excluding hydrogens is 116 g/mol. The van der Waals surface area contributed by atoms with Gasteiger partial charge in [0.1, 0.15) is 6.42 Å². The summed E-state index contributed by atoms with van der Waals surface area (Å²) in [5, 5.41) is 8.12. The second kappa shape index (κ2) is 3.96. The first-order valence-corrected chi connectivity index (χ1v) is 2.83. The predicted molar refractivity (Wildman–Crippen MR) is 34.9 cm³/mol. The zero-order valence-electron chi connectivity index (χ0n) is 5.64. The molecule has 0 aromatic carbocycles. The zero-order chi connectivity index (χ0) is 7.28. The SMILES string of the molecule is CC(C)C#CCC(=O)O. The summed E-state index contributed by atoms with van der Waals surface area (Å²) >= 11 is 0. The van der Waals surface area contributed by atoms with Gasteiger partial charge in [-0.2, -0.15) is 0 Å². The van der Waals surface area contributed by atoms with E-state index in [1.165, 1.54) is 0 Å². The van der Waals surface area contributed by atoms with Gasteiger partial charge in [-0.25, -0.2) is 0 Å². The summed E-state index contributed by atoms with van der Waals surface area (Å²) < 4.78 is 0. The Morgan fingerprint density at radius 2 is 2.22 bits per heavy atom. The lowest BCUT2D eigenvalue weighted by Gasteiger charge is -1.85. The first kappa shape index (κ1) is 8.03. The van der Waals surface area contributed by atoms with Crippen molar-refractivity contribution in [2.75, 3.05) is 0 Å². The molecule has 0 aliphatic heterocycles. The van der Waals surface area contributed by atoms with Gasteiger partial charge in [-0.3, -0.25) is 4.79 Å². The predicted octanol–water partition coefficient (Wildman–Crippen LogP) is 1.12. The lowest BCUT2D eigenvalue weighted by Crippen LogP contribution is -1.90. The molecule has 0 unspecified atom stereocenters. The number of carboxylic acid groups (broad SMARTS) is 1. The maximum absolute atomic E-state index is 9.88. The number of carbonyl (C=O) groups is 1. The van der Waals surface area contributed by atoms with Crippen LogP contribution in [0.5, 0.6) is 0 Å². The van der Waals surface area contributed by atoms with E-state index in [1.54, 1.807) is 0 Å². The quantitative estimate of drug-likeness (QED) is 0.534. The Balaban J connectivity index is 3.50. The van der Waals surface area contributed by atoms with Gasteiger partial charge in [-0.05, 0) is 0 Å². The van der Waals surface area contributed by atoms with Crippen molar-refractivity contribution in [1.82, 2.24) is 0 Å². The average molecular weight is 126 g/mol. The van der Waals surface area contributed by atoms with Gasteiger partial charge in [0, 0.05) is 5.92 Å². The highest BCUT2D eigenvalue weighted by Crippen LogP contribution is 1.86. The van der Waals surface area contributed by atoms with Gasteiger partial charge in [0.15, 0.2) is 0 Å². The molecule has 0 rings (SSSR count). The van der Waals surface area contributed by atoms with Crippen LogP contribution in [0.1, 0.15) is 20.3 Å². The highest BCUT2D eigenvalue weighted by atomic mass is 16.4. The van der Waals surface area contributed by atoms with Crippen LogP contribution >= 0.6 is 0 Å². The molecule has 0 radical (unpaired) electrons.